The van der Waals surface area contributed by atoms with Gasteiger partial charge in [0.1, 0.15) is 6.61 Å². The van der Waals surface area contributed by atoms with Crippen LogP contribution in [0, 0.1) is 0 Å². The van der Waals surface area contributed by atoms with Crippen LogP contribution < -0.4 is 5.73 Å². The predicted molar refractivity (Wildman–Crippen MR) is 67.4 cm³/mol. The van der Waals surface area contributed by atoms with E-state index in [2.05, 4.69) is 0 Å². The van der Waals surface area contributed by atoms with Gasteiger partial charge in [-0.1, -0.05) is 19.1 Å². The van der Waals surface area contributed by atoms with Gasteiger partial charge in [0.25, 0.3) is 0 Å². The first-order valence-electron chi connectivity index (χ1n) is 5.64. The van der Waals surface area contributed by atoms with Crippen LogP contribution >= 0.6 is 0 Å². The number of hydrogen-bond acceptors (Lipinski definition) is 2. The van der Waals surface area contributed by atoms with Crippen molar-refractivity contribution in [3.63, 3.8) is 0 Å². The first-order valence-corrected chi connectivity index (χ1v) is 5.64. The minimum absolute atomic E-state index is 0.375. The lowest BCUT2D eigenvalue weighted by molar-refractivity contribution is 0.0999. The fraction of sp³-hybridized carbons (Fsp3) is 0.214. The number of carbonyl (C=O) groups excluding carboxylic acids is 1. The highest BCUT2D eigenvalue weighted by Crippen LogP contribution is 2.25. The van der Waals surface area contributed by atoms with Crippen molar-refractivity contribution in [2.45, 2.75) is 13.3 Å². The van der Waals surface area contributed by atoms with E-state index >= 15 is 0 Å². The number of hydrogen-bond donors (Lipinski definition) is 1. The molecule has 1 heterocycles. The molecule has 0 radical (unpaired) electrons. The normalized spacial score (nSPS) is 14.1. The van der Waals surface area contributed by atoms with E-state index in [1.165, 1.54) is 0 Å². The Morgan fingerprint density at radius 2 is 2.29 bits per heavy atom. The molecule has 1 aliphatic heterocycles. The van der Waals surface area contributed by atoms with Gasteiger partial charge in [-0.3, -0.25) is 4.79 Å². The second-order valence-electron chi connectivity index (χ2n) is 3.85. The summed E-state index contributed by atoms with van der Waals surface area (Å²) in [5.74, 6) is -0.375. The van der Waals surface area contributed by atoms with Gasteiger partial charge in [0.15, 0.2) is 0 Å². The monoisotopic (exact) mass is 229 g/mol. The first kappa shape index (κ1) is 11.5. The third-order valence-electron chi connectivity index (χ3n) is 2.85. The molecule has 1 amide bonds. The molecule has 0 spiro atoms. The van der Waals surface area contributed by atoms with Gasteiger partial charge in [-0.05, 0) is 41.3 Å². The van der Waals surface area contributed by atoms with Crippen LogP contribution in [0.5, 0.6) is 0 Å². The lowest BCUT2D eigenvalue weighted by Gasteiger charge is -2.14. The van der Waals surface area contributed by atoms with Crippen molar-refractivity contribution >= 4 is 11.5 Å². The van der Waals surface area contributed by atoms with Crippen LogP contribution in [-0.4, -0.2) is 12.5 Å². The largest absolute Gasteiger partial charge is 0.497 e. The summed E-state index contributed by atoms with van der Waals surface area (Å²) in [7, 11) is 0. The van der Waals surface area contributed by atoms with Crippen molar-refractivity contribution in [1.29, 1.82) is 0 Å². The van der Waals surface area contributed by atoms with Crippen molar-refractivity contribution in [1.82, 2.24) is 0 Å². The van der Waals surface area contributed by atoms with E-state index in [1.807, 2.05) is 31.2 Å². The molecule has 88 valence electrons. The topological polar surface area (TPSA) is 52.3 Å². The molecule has 0 aromatic heterocycles. The van der Waals surface area contributed by atoms with Gasteiger partial charge in [0, 0.05) is 5.56 Å². The van der Waals surface area contributed by atoms with E-state index in [0.29, 0.717) is 12.2 Å². The summed E-state index contributed by atoms with van der Waals surface area (Å²) in [6, 6.07) is 5.64. The van der Waals surface area contributed by atoms with E-state index in [0.717, 1.165) is 23.1 Å². The summed E-state index contributed by atoms with van der Waals surface area (Å²) in [5, 5.41) is 0. The van der Waals surface area contributed by atoms with Crippen molar-refractivity contribution < 1.29 is 9.53 Å². The molecule has 2 N–H and O–H groups in total. The smallest absolute Gasteiger partial charge is 0.248 e. The van der Waals surface area contributed by atoms with Gasteiger partial charge < -0.3 is 10.5 Å². The van der Waals surface area contributed by atoms with Crippen LogP contribution in [0.1, 0.15) is 28.4 Å². The number of carbonyl (C=O) groups is 1. The Hall–Kier alpha value is -2.03. The van der Waals surface area contributed by atoms with Crippen LogP contribution in [0.2, 0.25) is 0 Å². The van der Waals surface area contributed by atoms with Crippen molar-refractivity contribution in [2.75, 3.05) is 6.61 Å². The van der Waals surface area contributed by atoms with Gasteiger partial charge in [-0.15, -0.1) is 0 Å². The number of amides is 1. The quantitative estimate of drug-likeness (QED) is 0.864. The molecule has 1 aromatic rings. The lowest BCUT2D eigenvalue weighted by Crippen LogP contribution is -2.14. The van der Waals surface area contributed by atoms with Crippen LogP contribution in [0.3, 0.4) is 0 Å². The zero-order valence-electron chi connectivity index (χ0n) is 9.77. The number of rotatable bonds is 3. The molecular weight excluding hydrogens is 214 g/mol. The summed E-state index contributed by atoms with van der Waals surface area (Å²) < 4.78 is 5.12. The zero-order valence-corrected chi connectivity index (χ0v) is 9.77. The van der Waals surface area contributed by atoms with Gasteiger partial charge >= 0.3 is 0 Å². The summed E-state index contributed by atoms with van der Waals surface area (Å²) in [5.41, 5.74) is 9.13. The fourth-order valence-electron chi connectivity index (χ4n) is 2.05. The van der Waals surface area contributed by atoms with Crippen LogP contribution in [0.4, 0.5) is 0 Å². The SMILES string of the molecule is CCc1c(C(N)=O)cccc1C1=CCOC=C1. The van der Waals surface area contributed by atoms with Gasteiger partial charge in [0.2, 0.25) is 5.91 Å². The maximum Gasteiger partial charge on any atom is 0.248 e. The van der Waals surface area contributed by atoms with E-state index in [1.54, 1.807) is 12.3 Å². The van der Waals surface area contributed by atoms with Crippen LogP contribution in [-0.2, 0) is 11.2 Å². The Morgan fingerprint density at radius 1 is 1.47 bits per heavy atom. The Labute approximate surface area is 101 Å². The molecule has 0 bridgehead atoms. The third-order valence-corrected chi connectivity index (χ3v) is 2.85. The van der Waals surface area contributed by atoms with Crippen molar-refractivity contribution in [3.8, 4) is 0 Å². The molecule has 1 aliphatic rings. The molecule has 0 aliphatic carbocycles. The lowest BCUT2D eigenvalue weighted by atomic mass is 9.93. The molecule has 0 fully saturated rings. The Bertz CT molecular complexity index is 501. The van der Waals surface area contributed by atoms with Crippen molar-refractivity contribution in [3.05, 3.63) is 53.3 Å². The second-order valence-corrected chi connectivity index (χ2v) is 3.85. The minimum Gasteiger partial charge on any atom is -0.497 e. The van der Waals surface area contributed by atoms with Gasteiger partial charge in [0.05, 0.1) is 6.26 Å². The molecule has 1 aromatic carbocycles. The fourth-order valence-corrected chi connectivity index (χ4v) is 2.05. The van der Waals surface area contributed by atoms with E-state index in [9.17, 15) is 4.79 Å². The molecule has 17 heavy (non-hydrogen) atoms. The highest BCUT2D eigenvalue weighted by atomic mass is 16.5. The standard InChI is InChI=1S/C14H15NO2/c1-2-11-12(10-6-8-17-9-7-10)4-3-5-13(11)14(15)16/h3-8H,2,9H2,1H3,(H2,15,16). The summed E-state index contributed by atoms with van der Waals surface area (Å²) in [6.45, 7) is 2.59. The highest BCUT2D eigenvalue weighted by Gasteiger charge is 2.13. The first-order chi connectivity index (χ1) is 8.24. The van der Waals surface area contributed by atoms with Crippen molar-refractivity contribution in [2.24, 2.45) is 5.73 Å². The number of primary amides is 1. The van der Waals surface area contributed by atoms with Gasteiger partial charge in [-0.2, -0.15) is 0 Å². The number of benzene rings is 1. The molecule has 0 saturated carbocycles. The maximum atomic E-state index is 11.4. The van der Waals surface area contributed by atoms with Gasteiger partial charge in [-0.25, -0.2) is 0 Å². The third kappa shape index (κ3) is 2.23. The average Bonchev–Trinajstić information content (AvgIpc) is 2.38. The zero-order chi connectivity index (χ0) is 12.3. The summed E-state index contributed by atoms with van der Waals surface area (Å²) >= 11 is 0. The Kier molecular flexibility index (Phi) is 3.28. The molecule has 0 unspecified atom stereocenters. The molecule has 3 heteroatoms. The van der Waals surface area contributed by atoms with E-state index in [4.69, 9.17) is 10.5 Å². The summed E-state index contributed by atoms with van der Waals surface area (Å²) in [6.07, 6.45) is 6.36. The summed E-state index contributed by atoms with van der Waals surface area (Å²) in [4.78, 5) is 11.4. The molecule has 0 atom stereocenters. The van der Waals surface area contributed by atoms with E-state index < -0.39 is 0 Å². The minimum atomic E-state index is -0.375. The van der Waals surface area contributed by atoms with E-state index in [-0.39, 0.29) is 5.91 Å². The molecule has 3 nitrogen and oxygen atoms in total. The number of ether oxygens (including phenoxy) is 1. The maximum absolute atomic E-state index is 11.4. The molecule has 2 rings (SSSR count). The Balaban J connectivity index is 2.54. The number of allylic oxidation sites excluding steroid dienone is 2. The molecule has 0 saturated heterocycles. The molecular formula is C14H15NO2. The average molecular weight is 229 g/mol. The van der Waals surface area contributed by atoms with Crippen LogP contribution in [0.25, 0.3) is 5.57 Å². The number of nitrogens with two attached hydrogens (primary N) is 1. The Morgan fingerprint density at radius 3 is 2.88 bits per heavy atom. The highest BCUT2D eigenvalue weighted by molar-refractivity contribution is 5.96. The predicted octanol–water partition coefficient (Wildman–Crippen LogP) is 2.28. The van der Waals surface area contributed by atoms with Crippen LogP contribution in [0.15, 0.2) is 36.6 Å². The second kappa shape index (κ2) is 4.87.